The molecule has 0 aromatic carbocycles. The second-order valence-electron chi connectivity index (χ2n) is 9.09. The molecule has 0 aromatic rings. The Morgan fingerprint density at radius 3 is 1.38 bits per heavy atom. The Morgan fingerprint density at radius 2 is 1.05 bits per heavy atom. The van der Waals surface area contributed by atoms with E-state index < -0.39 is 103 Å². The zero-order chi connectivity index (χ0) is 30.1. The van der Waals surface area contributed by atoms with Crippen LogP contribution in [0.3, 0.4) is 0 Å². The predicted molar refractivity (Wildman–Crippen MR) is 135 cm³/mol. The number of hydrogen-bond donors (Lipinski definition) is 3. The lowest BCUT2D eigenvalue weighted by Gasteiger charge is -2.23. The first kappa shape index (κ1) is 31.7. The van der Waals surface area contributed by atoms with Crippen LogP contribution in [0.5, 0.6) is 0 Å². The number of nitrogens with one attached hydrogen (secondary N) is 3. The number of Topliss-reactive ketones (excluding diaryl/α,β-unsaturated/α-hetero) is 2. The normalized spacial score (nSPS) is 17.5. The highest BCUT2D eigenvalue weighted by atomic mass is 16.5. The van der Waals surface area contributed by atoms with Crippen molar-refractivity contribution in [1.82, 2.24) is 25.8 Å². The molecule has 0 radical (unpaired) electrons. The molecule has 3 N–H and O–H groups in total. The summed E-state index contributed by atoms with van der Waals surface area (Å²) in [5, 5.41) is 7.18. The highest BCUT2D eigenvalue weighted by Crippen LogP contribution is 2.11. The number of imide groups is 2. The van der Waals surface area contributed by atoms with Crippen LogP contribution in [-0.4, -0.2) is 107 Å². The Kier molecular flexibility index (Phi) is 11.1. The van der Waals surface area contributed by atoms with Crippen LogP contribution in [0.4, 0.5) is 0 Å². The van der Waals surface area contributed by atoms with Gasteiger partial charge < -0.3 is 20.7 Å². The Labute approximate surface area is 229 Å². The molecule has 40 heavy (non-hydrogen) atoms. The van der Waals surface area contributed by atoms with E-state index in [0.717, 1.165) is 34.1 Å². The molecule has 7 amide bonds. The second-order valence-corrected chi connectivity index (χ2v) is 9.09. The van der Waals surface area contributed by atoms with Crippen molar-refractivity contribution in [2.45, 2.75) is 57.8 Å². The topological polar surface area (TPSA) is 205 Å². The summed E-state index contributed by atoms with van der Waals surface area (Å²) < 4.78 is 4.93. The van der Waals surface area contributed by atoms with Crippen LogP contribution < -0.4 is 16.0 Å². The summed E-state index contributed by atoms with van der Waals surface area (Å²) in [6.45, 7) is 3.08. The van der Waals surface area contributed by atoms with E-state index in [1.54, 1.807) is 0 Å². The maximum Gasteiger partial charge on any atom is 0.254 e. The molecule has 0 saturated carbocycles. The number of amides is 7. The number of methoxy groups -OCH3 is 1. The van der Waals surface area contributed by atoms with Gasteiger partial charge in [0.2, 0.25) is 17.7 Å². The number of carbonyl (C=O) groups excluding carboxylic acids is 9. The van der Waals surface area contributed by atoms with Gasteiger partial charge in [-0.2, -0.15) is 0 Å². The molecule has 0 fully saturated rings. The van der Waals surface area contributed by atoms with Crippen molar-refractivity contribution in [2.75, 3.05) is 20.2 Å². The molecule has 2 aliphatic rings. The van der Waals surface area contributed by atoms with Crippen molar-refractivity contribution in [3.8, 4) is 0 Å². The molecular weight excluding hydrogens is 530 g/mol. The summed E-state index contributed by atoms with van der Waals surface area (Å²) >= 11 is 0. The van der Waals surface area contributed by atoms with E-state index in [9.17, 15) is 43.2 Å². The Hall–Kier alpha value is -4.53. The van der Waals surface area contributed by atoms with Crippen molar-refractivity contribution < 1.29 is 47.9 Å². The zero-order valence-corrected chi connectivity index (χ0v) is 22.4. The SMILES string of the molecule is COC(C)C(=O)NC(CC(=O)NCC(=O)C(C)N1C(=O)C=CC1=O)CC(=O)NCC(=O)C(C)N1C(=O)C=CC1=O. The minimum atomic E-state index is -1.12. The average Bonchev–Trinajstić information content (AvgIpc) is 3.43. The van der Waals surface area contributed by atoms with E-state index in [1.807, 2.05) is 0 Å². The quantitative estimate of drug-likeness (QED) is 0.176. The monoisotopic (exact) mass is 561 g/mol. The lowest BCUT2D eigenvalue weighted by Crippen LogP contribution is -2.49. The lowest BCUT2D eigenvalue weighted by atomic mass is 10.1. The maximum atomic E-state index is 12.5. The van der Waals surface area contributed by atoms with Crippen LogP contribution in [0, 0.1) is 0 Å². The number of hydrogen-bond acceptors (Lipinski definition) is 10. The molecule has 0 aliphatic carbocycles. The van der Waals surface area contributed by atoms with E-state index in [4.69, 9.17) is 4.74 Å². The zero-order valence-electron chi connectivity index (χ0n) is 22.4. The van der Waals surface area contributed by atoms with Crippen molar-refractivity contribution in [3.63, 3.8) is 0 Å². The summed E-state index contributed by atoms with van der Waals surface area (Å²) in [5.74, 6) is -5.91. The second kappa shape index (κ2) is 14.0. The van der Waals surface area contributed by atoms with Gasteiger partial charge in [0.05, 0.1) is 25.2 Å². The van der Waals surface area contributed by atoms with Gasteiger partial charge in [-0.1, -0.05) is 0 Å². The Morgan fingerprint density at radius 1 is 0.700 bits per heavy atom. The highest BCUT2D eigenvalue weighted by Gasteiger charge is 2.34. The summed E-state index contributed by atoms with van der Waals surface area (Å²) in [4.78, 5) is 111. The Bertz CT molecular complexity index is 1060. The smallest absolute Gasteiger partial charge is 0.254 e. The first-order chi connectivity index (χ1) is 18.8. The molecule has 15 heteroatoms. The number of rotatable bonds is 15. The van der Waals surface area contributed by atoms with E-state index >= 15 is 0 Å². The predicted octanol–water partition coefficient (Wildman–Crippen LogP) is -2.72. The van der Waals surface area contributed by atoms with Crippen LogP contribution in [-0.2, 0) is 47.9 Å². The summed E-state index contributed by atoms with van der Waals surface area (Å²) in [6.07, 6.45) is 2.33. The molecule has 2 aliphatic heterocycles. The van der Waals surface area contributed by atoms with Crippen LogP contribution in [0.15, 0.2) is 24.3 Å². The number of nitrogens with zero attached hydrogens (tertiary/aromatic N) is 2. The molecule has 15 nitrogen and oxygen atoms in total. The van der Waals surface area contributed by atoms with Crippen molar-refractivity contribution in [3.05, 3.63) is 24.3 Å². The van der Waals surface area contributed by atoms with Crippen LogP contribution in [0.2, 0.25) is 0 Å². The molecule has 0 bridgehead atoms. The summed E-state index contributed by atoms with van der Waals surface area (Å²) in [7, 11) is 1.29. The van der Waals surface area contributed by atoms with E-state index in [2.05, 4.69) is 16.0 Å². The third-order valence-electron chi connectivity index (χ3n) is 6.25. The molecule has 2 rings (SSSR count). The third-order valence-corrected chi connectivity index (χ3v) is 6.25. The third kappa shape index (κ3) is 8.23. The lowest BCUT2D eigenvalue weighted by molar-refractivity contribution is -0.144. The first-order valence-electron chi connectivity index (χ1n) is 12.3. The number of ketones is 2. The molecule has 2 heterocycles. The molecule has 0 spiro atoms. The van der Waals surface area contributed by atoms with E-state index in [-0.39, 0.29) is 0 Å². The summed E-state index contributed by atoms with van der Waals surface area (Å²) in [5.41, 5.74) is 0. The number of carbonyl (C=O) groups is 9. The first-order valence-corrected chi connectivity index (χ1v) is 12.3. The molecule has 0 aromatic heterocycles. The van der Waals surface area contributed by atoms with Gasteiger partial charge in [-0.3, -0.25) is 53.0 Å². The highest BCUT2D eigenvalue weighted by molar-refractivity contribution is 6.16. The Balaban J connectivity index is 1.93. The average molecular weight is 562 g/mol. The fourth-order valence-electron chi connectivity index (χ4n) is 3.73. The van der Waals surface area contributed by atoms with Gasteiger partial charge in [-0.05, 0) is 20.8 Å². The molecule has 0 saturated heterocycles. The van der Waals surface area contributed by atoms with Gasteiger partial charge in [0.1, 0.15) is 6.10 Å². The van der Waals surface area contributed by atoms with Crippen LogP contribution in [0.25, 0.3) is 0 Å². The summed E-state index contributed by atoms with van der Waals surface area (Å²) in [6, 6.07) is -3.32. The van der Waals surface area contributed by atoms with Crippen LogP contribution in [0.1, 0.15) is 33.6 Å². The van der Waals surface area contributed by atoms with Crippen molar-refractivity contribution in [2.24, 2.45) is 0 Å². The van der Waals surface area contributed by atoms with Gasteiger partial charge in [-0.15, -0.1) is 0 Å². The minimum absolute atomic E-state index is 0.437. The maximum absolute atomic E-state index is 12.5. The molecule has 3 atom stereocenters. The standard InChI is InChI=1S/C25H31N5O10/c1-13(29-21(35)5-6-22(29)36)17(31)11-26-19(33)9-16(28-25(39)15(3)40-4)10-20(34)27-12-18(32)14(2)30-23(37)7-8-24(30)38/h5-8,13-16H,9-12H2,1-4H3,(H,26,33)(H,27,34)(H,28,39). The molecule has 216 valence electrons. The van der Waals surface area contributed by atoms with Crippen molar-refractivity contribution in [1.29, 1.82) is 0 Å². The fraction of sp³-hybridized carbons (Fsp3) is 0.480. The van der Waals surface area contributed by atoms with Gasteiger partial charge in [0, 0.05) is 50.3 Å². The fourth-order valence-corrected chi connectivity index (χ4v) is 3.73. The molecule has 3 unspecified atom stereocenters. The van der Waals surface area contributed by atoms with Crippen molar-refractivity contribution >= 4 is 52.9 Å². The van der Waals surface area contributed by atoms with Gasteiger partial charge in [0.25, 0.3) is 23.6 Å². The number of ether oxygens (including phenoxy) is 1. The van der Waals surface area contributed by atoms with Gasteiger partial charge >= 0.3 is 0 Å². The largest absolute Gasteiger partial charge is 0.372 e. The molecular formula is C25H31N5O10. The minimum Gasteiger partial charge on any atom is -0.372 e. The van der Waals surface area contributed by atoms with Gasteiger partial charge in [0.15, 0.2) is 11.6 Å². The van der Waals surface area contributed by atoms with E-state index in [0.29, 0.717) is 0 Å². The van der Waals surface area contributed by atoms with E-state index in [1.165, 1.54) is 27.9 Å². The van der Waals surface area contributed by atoms with Gasteiger partial charge in [-0.25, -0.2) is 0 Å². The van der Waals surface area contributed by atoms with Crippen LogP contribution >= 0.6 is 0 Å².